The van der Waals surface area contributed by atoms with Gasteiger partial charge in [-0.25, -0.2) is 0 Å². The number of hydrogen-bond acceptors (Lipinski definition) is 2. The Morgan fingerprint density at radius 1 is 1.38 bits per heavy atom. The molecule has 0 heterocycles. The van der Waals surface area contributed by atoms with Gasteiger partial charge in [-0.1, -0.05) is 13.0 Å². The summed E-state index contributed by atoms with van der Waals surface area (Å²) in [5.74, 6) is 0.201. The van der Waals surface area contributed by atoms with Gasteiger partial charge < -0.3 is 11.2 Å². The van der Waals surface area contributed by atoms with E-state index in [9.17, 15) is 4.79 Å². The largest absolute Gasteiger partial charge is 3.00 e. The predicted molar refractivity (Wildman–Crippen MR) is 60.8 cm³/mol. The Morgan fingerprint density at radius 2 is 1.94 bits per heavy atom. The molecule has 1 aromatic rings. The Labute approximate surface area is 123 Å². The van der Waals surface area contributed by atoms with Crippen LogP contribution >= 0.6 is 0 Å². The molecular weight excluding hydrogens is 277 g/mol. The smallest absolute Gasteiger partial charge is 0.434 e. The zero-order valence-corrected chi connectivity index (χ0v) is 12.6. The standard InChI is InChI=1S/C7H11O2.C6H5.Y/c1-4-5-7(8)9-6(2)3;1-2-4-6-5-3-1;/h4H,2,5H2,1,3H3;1-5H;/q2*-1;+3. The normalized spacial score (nSPS) is 7.88. The summed E-state index contributed by atoms with van der Waals surface area (Å²) in [6.45, 7) is 6.87. The molecule has 0 unspecified atom stereocenters. The summed E-state index contributed by atoms with van der Waals surface area (Å²) in [7, 11) is 0. The molecule has 0 aromatic heterocycles. The molecule has 0 aliphatic heterocycles. The van der Waals surface area contributed by atoms with Gasteiger partial charge in [-0.05, 0) is 6.92 Å². The third kappa shape index (κ3) is 13.5. The van der Waals surface area contributed by atoms with Crippen molar-refractivity contribution < 1.29 is 42.2 Å². The molecule has 0 radical (unpaired) electrons. The molecule has 16 heavy (non-hydrogen) atoms. The fourth-order valence-corrected chi connectivity index (χ4v) is 0.745. The molecule has 0 spiro atoms. The molecule has 2 nitrogen and oxygen atoms in total. The van der Waals surface area contributed by atoms with Crippen molar-refractivity contribution in [1.82, 2.24) is 0 Å². The number of carbonyl (C=O) groups is 1. The van der Waals surface area contributed by atoms with Crippen LogP contribution in [0.25, 0.3) is 0 Å². The van der Waals surface area contributed by atoms with Crippen molar-refractivity contribution >= 4 is 5.97 Å². The maximum Gasteiger partial charge on any atom is 3.00 e. The van der Waals surface area contributed by atoms with Crippen LogP contribution in [0.4, 0.5) is 0 Å². The molecule has 3 heteroatoms. The Balaban J connectivity index is 0. The molecule has 0 amide bonds. The van der Waals surface area contributed by atoms with Gasteiger partial charge in [-0.3, -0.25) is 4.79 Å². The fraction of sp³-hybridized carbons (Fsp3) is 0.231. The van der Waals surface area contributed by atoms with Crippen molar-refractivity contribution in [3.05, 3.63) is 55.2 Å². The van der Waals surface area contributed by atoms with Crippen LogP contribution in [-0.4, -0.2) is 5.97 Å². The molecule has 0 saturated heterocycles. The van der Waals surface area contributed by atoms with E-state index in [2.05, 4.69) is 17.4 Å². The SMILES string of the molecule is C=C(C)OC(=O)C[CH-]C.[Y+3].[c-]1ccccc1. The van der Waals surface area contributed by atoms with Gasteiger partial charge in [0.15, 0.2) is 0 Å². The average molecular weight is 293 g/mol. The Morgan fingerprint density at radius 3 is 2.19 bits per heavy atom. The second kappa shape index (κ2) is 12.6. The maximum absolute atomic E-state index is 10.5. The van der Waals surface area contributed by atoms with Crippen molar-refractivity contribution in [2.75, 3.05) is 0 Å². The number of esters is 1. The Bertz CT molecular complexity index is 257. The summed E-state index contributed by atoms with van der Waals surface area (Å²) in [5.41, 5.74) is 0. The van der Waals surface area contributed by atoms with Crippen LogP contribution < -0.4 is 0 Å². The number of rotatable bonds is 3. The first-order valence-electron chi connectivity index (χ1n) is 4.72. The molecular formula is C13H16O2Y+. The van der Waals surface area contributed by atoms with Gasteiger partial charge >= 0.3 is 32.7 Å². The topological polar surface area (TPSA) is 26.3 Å². The first kappa shape index (κ1) is 17.9. The van der Waals surface area contributed by atoms with E-state index in [1.807, 2.05) is 30.3 Å². The third-order valence-corrected chi connectivity index (χ3v) is 1.27. The third-order valence-electron chi connectivity index (χ3n) is 1.27. The summed E-state index contributed by atoms with van der Waals surface area (Å²) < 4.78 is 4.63. The van der Waals surface area contributed by atoms with Crippen molar-refractivity contribution in [3.8, 4) is 0 Å². The van der Waals surface area contributed by atoms with Gasteiger partial charge in [-0.15, -0.1) is 0 Å². The number of hydrogen-bond donors (Lipinski definition) is 0. The molecule has 0 saturated carbocycles. The first-order chi connectivity index (χ1) is 7.16. The summed E-state index contributed by atoms with van der Waals surface area (Å²) >= 11 is 0. The Kier molecular flexibility index (Phi) is 14.1. The van der Waals surface area contributed by atoms with E-state index < -0.39 is 0 Å². The van der Waals surface area contributed by atoms with Gasteiger partial charge in [0, 0.05) is 0 Å². The van der Waals surface area contributed by atoms with Crippen molar-refractivity contribution in [2.45, 2.75) is 20.3 Å². The van der Waals surface area contributed by atoms with Crippen molar-refractivity contribution in [3.63, 3.8) is 0 Å². The molecule has 82 valence electrons. The molecule has 0 atom stereocenters. The van der Waals surface area contributed by atoms with E-state index >= 15 is 0 Å². The molecule has 0 N–H and O–H groups in total. The predicted octanol–water partition coefficient (Wildman–Crippen LogP) is 3.16. The molecule has 0 aliphatic carbocycles. The van der Waals surface area contributed by atoms with Crippen molar-refractivity contribution in [1.29, 1.82) is 0 Å². The van der Waals surface area contributed by atoms with Crippen LogP contribution in [0.3, 0.4) is 0 Å². The number of allylic oxidation sites excluding steroid dienone is 1. The van der Waals surface area contributed by atoms with Gasteiger partial charge in [0.1, 0.15) is 0 Å². The minimum Gasteiger partial charge on any atom is -0.434 e. The number of ether oxygens (including phenoxy) is 1. The van der Waals surface area contributed by atoms with E-state index in [4.69, 9.17) is 0 Å². The molecule has 1 rings (SSSR count). The van der Waals surface area contributed by atoms with Crippen LogP contribution in [0, 0.1) is 12.5 Å². The Hall–Kier alpha value is -0.466. The second-order valence-electron chi connectivity index (χ2n) is 2.87. The number of carbonyl (C=O) groups excluding carboxylic acids is 1. The zero-order chi connectivity index (χ0) is 11.5. The van der Waals surface area contributed by atoms with Crippen molar-refractivity contribution in [2.24, 2.45) is 0 Å². The van der Waals surface area contributed by atoms with Gasteiger partial charge in [0.05, 0.1) is 5.76 Å². The second-order valence-corrected chi connectivity index (χ2v) is 2.87. The molecule has 1 aromatic carbocycles. The van der Waals surface area contributed by atoms with Crippen LogP contribution in [0.2, 0.25) is 0 Å². The fourth-order valence-electron chi connectivity index (χ4n) is 0.745. The monoisotopic (exact) mass is 293 g/mol. The van der Waals surface area contributed by atoms with E-state index in [1.165, 1.54) is 0 Å². The van der Waals surface area contributed by atoms with Gasteiger partial charge in [0.2, 0.25) is 0 Å². The van der Waals surface area contributed by atoms with Gasteiger partial charge in [0.25, 0.3) is 5.97 Å². The van der Waals surface area contributed by atoms with E-state index in [-0.39, 0.29) is 38.7 Å². The summed E-state index contributed by atoms with van der Waals surface area (Å²) in [6.07, 6.45) is 2.10. The van der Waals surface area contributed by atoms with Crippen LogP contribution in [0.15, 0.2) is 42.7 Å². The van der Waals surface area contributed by atoms with E-state index in [0.29, 0.717) is 12.2 Å². The maximum atomic E-state index is 10.5. The average Bonchev–Trinajstić information content (AvgIpc) is 2.20. The summed E-state index contributed by atoms with van der Waals surface area (Å²) in [4.78, 5) is 10.5. The zero-order valence-electron chi connectivity index (χ0n) is 9.77. The summed E-state index contributed by atoms with van der Waals surface area (Å²) in [6, 6.07) is 12.5. The van der Waals surface area contributed by atoms with E-state index in [1.54, 1.807) is 20.3 Å². The van der Waals surface area contributed by atoms with Crippen LogP contribution in [0.5, 0.6) is 0 Å². The minimum atomic E-state index is -0.245. The minimum absolute atomic E-state index is 0. The van der Waals surface area contributed by atoms with Crippen LogP contribution in [0.1, 0.15) is 20.3 Å². The summed E-state index contributed by atoms with van der Waals surface area (Å²) in [5, 5.41) is 0. The molecule has 0 fully saturated rings. The molecule has 0 bridgehead atoms. The van der Waals surface area contributed by atoms with Crippen LogP contribution in [-0.2, 0) is 42.2 Å². The quantitative estimate of drug-likeness (QED) is 0.486. The van der Waals surface area contributed by atoms with E-state index in [0.717, 1.165) is 0 Å². The first-order valence-corrected chi connectivity index (χ1v) is 4.72. The molecule has 0 aliphatic rings. The van der Waals surface area contributed by atoms with Gasteiger partial charge in [-0.2, -0.15) is 43.3 Å². The number of benzene rings is 1.